The number of nitrogens with two attached hydrogens (primary N) is 2. The Bertz CT molecular complexity index is 968. The van der Waals surface area contributed by atoms with Crippen molar-refractivity contribution >= 4 is 17.8 Å². The molecule has 2 fully saturated rings. The zero-order chi connectivity index (χ0) is 25.7. The first-order valence-electron chi connectivity index (χ1n) is 14.0. The minimum absolute atomic E-state index is 0.0823. The summed E-state index contributed by atoms with van der Waals surface area (Å²) in [6.45, 7) is 2.88. The summed E-state index contributed by atoms with van der Waals surface area (Å²) in [7, 11) is 3.78. The summed E-state index contributed by atoms with van der Waals surface area (Å²) in [6, 6.07) is 8.59. The van der Waals surface area contributed by atoms with Crippen molar-refractivity contribution in [3.05, 3.63) is 35.4 Å². The van der Waals surface area contributed by atoms with Crippen LogP contribution in [0.5, 0.6) is 0 Å². The summed E-state index contributed by atoms with van der Waals surface area (Å²) in [5.74, 6) is 2.17. The number of aliphatic imine (C=N–C) groups is 2. The lowest BCUT2D eigenvalue weighted by Crippen LogP contribution is -2.44. The van der Waals surface area contributed by atoms with E-state index in [9.17, 15) is 4.79 Å². The normalized spacial score (nSPS) is 27.9. The van der Waals surface area contributed by atoms with E-state index in [1.54, 1.807) is 11.9 Å². The van der Waals surface area contributed by atoms with E-state index in [1.807, 2.05) is 11.9 Å². The standard InChI is InChI=1S/C29H46N6O/c1-21-10-7-8-14-24(21)20-34(2)27(30)32-25-15-9-13-23(18-25)19-29(26(36)35(3)28(31)33-29)17-16-22-11-5-4-6-12-22/h7-8,10,14,22-23,25H,4-6,9,11-13,15-20H2,1-3H3,(H2,30,32)(H2,31,33)/t23-,25+,29+/m0/s1. The molecule has 198 valence electrons. The summed E-state index contributed by atoms with van der Waals surface area (Å²) >= 11 is 0. The fourth-order valence-electron chi connectivity index (χ4n) is 6.53. The van der Waals surface area contributed by atoms with Gasteiger partial charge in [0.05, 0.1) is 6.04 Å². The number of benzene rings is 1. The van der Waals surface area contributed by atoms with Gasteiger partial charge in [-0.25, -0.2) is 9.98 Å². The van der Waals surface area contributed by atoms with Crippen LogP contribution in [0.15, 0.2) is 34.3 Å². The van der Waals surface area contributed by atoms with Crippen molar-refractivity contribution in [1.82, 2.24) is 9.80 Å². The summed E-state index contributed by atoms with van der Waals surface area (Å²) in [4.78, 5) is 26.8. The van der Waals surface area contributed by atoms with E-state index in [2.05, 4.69) is 31.2 Å². The smallest absolute Gasteiger partial charge is 0.257 e. The number of nitrogens with zero attached hydrogens (tertiary/aromatic N) is 4. The Morgan fingerprint density at radius 1 is 1.14 bits per heavy atom. The quantitative estimate of drug-likeness (QED) is 0.408. The van der Waals surface area contributed by atoms with Crippen molar-refractivity contribution < 1.29 is 4.79 Å². The molecular weight excluding hydrogens is 448 g/mol. The van der Waals surface area contributed by atoms with Crippen LogP contribution in [0.2, 0.25) is 0 Å². The highest BCUT2D eigenvalue weighted by Gasteiger charge is 2.48. The monoisotopic (exact) mass is 494 g/mol. The molecule has 4 rings (SSSR count). The van der Waals surface area contributed by atoms with Crippen molar-refractivity contribution in [2.45, 2.75) is 102 Å². The molecule has 0 aromatic heterocycles. The molecule has 7 heteroatoms. The third-order valence-electron chi connectivity index (χ3n) is 8.82. The zero-order valence-electron chi connectivity index (χ0n) is 22.6. The van der Waals surface area contributed by atoms with E-state index < -0.39 is 5.54 Å². The molecule has 0 saturated heterocycles. The van der Waals surface area contributed by atoms with Crippen LogP contribution >= 0.6 is 0 Å². The summed E-state index contributed by atoms with van der Waals surface area (Å²) < 4.78 is 0. The molecule has 3 atom stereocenters. The van der Waals surface area contributed by atoms with Crippen LogP contribution in [0.3, 0.4) is 0 Å². The maximum atomic E-state index is 13.4. The number of carbonyl (C=O) groups excluding carboxylic acids is 1. The predicted molar refractivity (Wildman–Crippen MR) is 148 cm³/mol. The van der Waals surface area contributed by atoms with Gasteiger partial charge in [-0.15, -0.1) is 0 Å². The van der Waals surface area contributed by atoms with Gasteiger partial charge in [0.15, 0.2) is 11.9 Å². The van der Waals surface area contributed by atoms with Crippen molar-refractivity contribution in [2.24, 2.45) is 33.3 Å². The number of hydrogen-bond donors (Lipinski definition) is 2. The van der Waals surface area contributed by atoms with Gasteiger partial charge in [-0.05, 0) is 62.0 Å². The minimum Gasteiger partial charge on any atom is -0.370 e. The molecule has 3 aliphatic rings. The lowest BCUT2D eigenvalue weighted by atomic mass is 9.74. The van der Waals surface area contributed by atoms with Crippen molar-refractivity contribution in [3.63, 3.8) is 0 Å². The molecule has 36 heavy (non-hydrogen) atoms. The van der Waals surface area contributed by atoms with Crippen LogP contribution in [0.4, 0.5) is 0 Å². The third-order valence-corrected chi connectivity index (χ3v) is 8.82. The number of amides is 1. The Morgan fingerprint density at radius 2 is 1.86 bits per heavy atom. The van der Waals surface area contributed by atoms with Gasteiger partial charge in [-0.3, -0.25) is 9.69 Å². The first kappa shape index (κ1) is 26.5. The van der Waals surface area contributed by atoms with Crippen LogP contribution in [0.25, 0.3) is 0 Å². The third kappa shape index (κ3) is 6.22. The van der Waals surface area contributed by atoms with Gasteiger partial charge >= 0.3 is 0 Å². The first-order valence-corrected chi connectivity index (χ1v) is 14.0. The van der Waals surface area contributed by atoms with Crippen LogP contribution in [0, 0.1) is 18.8 Å². The highest BCUT2D eigenvalue weighted by Crippen LogP contribution is 2.41. The van der Waals surface area contributed by atoms with Crippen molar-refractivity contribution in [2.75, 3.05) is 14.1 Å². The lowest BCUT2D eigenvalue weighted by Gasteiger charge is -2.34. The average Bonchev–Trinajstić information content (AvgIpc) is 3.08. The maximum absolute atomic E-state index is 13.4. The number of likely N-dealkylation sites (N-methyl/N-ethyl adjacent to an activating group) is 1. The predicted octanol–water partition coefficient (Wildman–Crippen LogP) is 4.58. The average molecular weight is 495 g/mol. The van der Waals surface area contributed by atoms with E-state index >= 15 is 0 Å². The maximum Gasteiger partial charge on any atom is 0.257 e. The van der Waals surface area contributed by atoms with Crippen LogP contribution < -0.4 is 11.5 Å². The number of hydrogen-bond acceptors (Lipinski definition) is 4. The highest BCUT2D eigenvalue weighted by atomic mass is 16.2. The van der Waals surface area contributed by atoms with Crippen molar-refractivity contribution in [1.29, 1.82) is 0 Å². The molecule has 1 heterocycles. The molecule has 0 radical (unpaired) electrons. The molecule has 2 aliphatic carbocycles. The molecule has 1 aromatic rings. The topological polar surface area (TPSA) is 100 Å². The Balaban J connectivity index is 1.40. The van der Waals surface area contributed by atoms with Gasteiger partial charge in [0.25, 0.3) is 5.91 Å². The van der Waals surface area contributed by atoms with Gasteiger partial charge in [0.1, 0.15) is 5.54 Å². The van der Waals surface area contributed by atoms with Gasteiger partial charge in [-0.2, -0.15) is 0 Å². The zero-order valence-corrected chi connectivity index (χ0v) is 22.6. The Morgan fingerprint density at radius 3 is 2.56 bits per heavy atom. The minimum atomic E-state index is -0.695. The number of rotatable bonds is 8. The SMILES string of the molecule is Cc1ccccc1CN(C)C(N)=N[C@@H]1CCC[C@H](C[C@@]2(CCC3CCCCC3)N=C(N)N(C)C2=O)C1. The second-order valence-electron chi connectivity index (χ2n) is 11.6. The fraction of sp³-hybridized carbons (Fsp3) is 0.690. The van der Waals surface area contributed by atoms with Crippen LogP contribution in [-0.4, -0.2) is 53.3 Å². The summed E-state index contributed by atoms with van der Waals surface area (Å²) in [6.07, 6.45) is 13.4. The van der Waals surface area contributed by atoms with Gasteiger partial charge < -0.3 is 16.4 Å². The van der Waals surface area contributed by atoms with E-state index in [4.69, 9.17) is 21.5 Å². The molecule has 1 aliphatic heterocycles. The van der Waals surface area contributed by atoms with Crippen LogP contribution in [0.1, 0.15) is 88.2 Å². The Hall–Kier alpha value is -2.57. The summed E-state index contributed by atoms with van der Waals surface area (Å²) in [5, 5.41) is 0. The Labute approximate surface area is 217 Å². The highest BCUT2D eigenvalue weighted by molar-refractivity contribution is 6.06. The fourth-order valence-corrected chi connectivity index (χ4v) is 6.53. The van der Waals surface area contributed by atoms with E-state index in [-0.39, 0.29) is 11.9 Å². The lowest BCUT2D eigenvalue weighted by molar-refractivity contribution is -0.131. The number of guanidine groups is 2. The first-order chi connectivity index (χ1) is 17.3. The molecule has 4 N–H and O–H groups in total. The van der Waals surface area contributed by atoms with Gasteiger partial charge in [0, 0.05) is 20.6 Å². The number of carbonyl (C=O) groups is 1. The second kappa shape index (κ2) is 11.7. The molecule has 1 aromatic carbocycles. The molecule has 0 unspecified atom stereocenters. The molecule has 0 spiro atoms. The molecule has 0 bridgehead atoms. The summed E-state index contributed by atoms with van der Waals surface area (Å²) in [5.41, 5.74) is 14.4. The van der Waals surface area contributed by atoms with Gasteiger partial charge in [-0.1, -0.05) is 69.2 Å². The molecule has 1 amide bonds. The molecule has 7 nitrogen and oxygen atoms in total. The molecular formula is C29H46N6O. The van der Waals surface area contributed by atoms with Crippen LogP contribution in [-0.2, 0) is 11.3 Å². The second-order valence-corrected chi connectivity index (χ2v) is 11.6. The Kier molecular flexibility index (Phi) is 8.58. The number of aryl methyl sites for hydroxylation is 1. The van der Waals surface area contributed by atoms with E-state index in [0.29, 0.717) is 17.8 Å². The van der Waals surface area contributed by atoms with Gasteiger partial charge in [0.2, 0.25) is 0 Å². The van der Waals surface area contributed by atoms with E-state index in [1.165, 1.54) is 43.2 Å². The van der Waals surface area contributed by atoms with E-state index in [0.717, 1.165) is 57.4 Å². The molecule has 2 saturated carbocycles. The van der Waals surface area contributed by atoms with Crippen molar-refractivity contribution in [3.8, 4) is 0 Å². The largest absolute Gasteiger partial charge is 0.370 e.